The molecule has 0 aliphatic rings. The number of carbonyl (C=O) groups is 1. The van der Waals surface area contributed by atoms with Crippen molar-refractivity contribution in [3.05, 3.63) is 16.9 Å². The molecule has 0 spiro atoms. The highest BCUT2D eigenvalue weighted by atomic mass is 32.1. The first-order chi connectivity index (χ1) is 6.59. The topological polar surface area (TPSA) is 89.1 Å². The van der Waals surface area contributed by atoms with Crippen molar-refractivity contribution in [2.45, 2.75) is 6.92 Å². The molecular formula is C8H7N3O2S. The molecule has 72 valence electrons. The maximum Gasteiger partial charge on any atom is 0.348 e. The van der Waals surface area contributed by atoms with Crippen molar-refractivity contribution in [3.8, 4) is 0 Å². The number of thiophene rings is 1. The summed E-state index contributed by atoms with van der Waals surface area (Å²) in [6.07, 6.45) is 1.55. The molecule has 0 fully saturated rings. The standard InChI is InChI=1S/C8H7N3O2S/c1-3-10-2-4-5(9)6(8(12)13)14-7(4)11-3/h2H,9H2,1H3,(H,12,13). The Morgan fingerprint density at radius 2 is 2.36 bits per heavy atom. The van der Waals surface area contributed by atoms with Crippen LogP contribution in [-0.4, -0.2) is 21.0 Å². The molecule has 0 aliphatic heterocycles. The van der Waals surface area contributed by atoms with E-state index in [-0.39, 0.29) is 10.6 Å². The fourth-order valence-corrected chi connectivity index (χ4v) is 2.10. The highest BCUT2D eigenvalue weighted by molar-refractivity contribution is 7.21. The monoisotopic (exact) mass is 209 g/mol. The first-order valence-electron chi connectivity index (χ1n) is 3.84. The Kier molecular flexibility index (Phi) is 1.85. The molecule has 0 radical (unpaired) electrons. The first kappa shape index (κ1) is 8.89. The Balaban J connectivity index is 2.79. The van der Waals surface area contributed by atoms with E-state index in [4.69, 9.17) is 10.8 Å². The van der Waals surface area contributed by atoms with E-state index in [2.05, 4.69) is 9.97 Å². The molecule has 0 saturated carbocycles. The fourth-order valence-electron chi connectivity index (χ4n) is 1.14. The van der Waals surface area contributed by atoms with Gasteiger partial charge in [0.1, 0.15) is 15.5 Å². The molecule has 2 rings (SSSR count). The number of nitrogens with two attached hydrogens (primary N) is 1. The van der Waals surface area contributed by atoms with Crippen molar-refractivity contribution in [3.63, 3.8) is 0 Å². The molecule has 14 heavy (non-hydrogen) atoms. The normalized spacial score (nSPS) is 10.6. The number of aromatic carboxylic acids is 1. The van der Waals surface area contributed by atoms with Crippen LogP contribution >= 0.6 is 11.3 Å². The van der Waals surface area contributed by atoms with Crippen molar-refractivity contribution < 1.29 is 9.90 Å². The molecule has 0 saturated heterocycles. The summed E-state index contributed by atoms with van der Waals surface area (Å²) < 4.78 is 0. The molecule has 0 aliphatic carbocycles. The molecule has 0 amide bonds. The van der Waals surface area contributed by atoms with Gasteiger partial charge in [0.25, 0.3) is 0 Å². The number of anilines is 1. The van der Waals surface area contributed by atoms with Crippen LogP contribution in [0.3, 0.4) is 0 Å². The van der Waals surface area contributed by atoms with Crippen LogP contribution in [0, 0.1) is 6.92 Å². The Hall–Kier alpha value is -1.69. The SMILES string of the molecule is Cc1ncc2c(N)c(C(=O)O)sc2n1. The van der Waals surface area contributed by atoms with E-state index in [0.717, 1.165) is 11.3 Å². The zero-order valence-corrected chi connectivity index (χ0v) is 8.13. The summed E-state index contributed by atoms with van der Waals surface area (Å²) in [5.74, 6) is -0.418. The van der Waals surface area contributed by atoms with Crippen LogP contribution in [0.25, 0.3) is 10.2 Å². The van der Waals surface area contributed by atoms with Gasteiger partial charge in [-0.1, -0.05) is 0 Å². The number of nitrogen functional groups attached to an aromatic ring is 1. The van der Waals surface area contributed by atoms with Gasteiger partial charge < -0.3 is 10.8 Å². The minimum Gasteiger partial charge on any atom is -0.477 e. The molecule has 0 bridgehead atoms. The zero-order chi connectivity index (χ0) is 10.3. The number of aryl methyl sites for hydroxylation is 1. The van der Waals surface area contributed by atoms with Gasteiger partial charge in [-0.05, 0) is 6.92 Å². The number of hydrogen-bond acceptors (Lipinski definition) is 5. The van der Waals surface area contributed by atoms with Crippen LogP contribution in [0.15, 0.2) is 6.20 Å². The summed E-state index contributed by atoms with van der Waals surface area (Å²) in [5, 5.41) is 9.43. The smallest absolute Gasteiger partial charge is 0.348 e. The highest BCUT2D eigenvalue weighted by Gasteiger charge is 2.16. The highest BCUT2D eigenvalue weighted by Crippen LogP contribution is 2.31. The third kappa shape index (κ3) is 1.20. The fraction of sp³-hybridized carbons (Fsp3) is 0.125. The summed E-state index contributed by atoms with van der Waals surface area (Å²) >= 11 is 1.07. The summed E-state index contributed by atoms with van der Waals surface area (Å²) in [6.45, 7) is 1.75. The largest absolute Gasteiger partial charge is 0.477 e. The summed E-state index contributed by atoms with van der Waals surface area (Å²) in [7, 11) is 0. The van der Waals surface area contributed by atoms with Crippen LogP contribution in [-0.2, 0) is 0 Å². The van der Waals surface area contributed by atoms with Gasteiger partial charge in [0.05, 0.1) is 11.1 Å². The average Bonchev–Trinajstić information content (AvgIpc) is 2.43. The van der Waals surface area contributed by atoms with Crippen LogP contribution in [0.4, 0.5) is 5.69 Å². The Bertz CT molecular complexity index is 521. The predicted octanol–water partition coefficient (Wildman–Crippen LogP) is 1.28. The van der Waals surface area contributed by atoms with E-state index in [9.17, 15) is 4.79 Å². The summed E-state index contributed by atoms with van der Waals surface area (Å²) in [4.78, 5) is 19.6. The van der Waals surface area contributed by atoms with E-state index < -0.39 is 5.97 Å². The van der Waals surface area contributed by atoms with Crippen LogP contribution in [0.1, 0.15) is 15.5 Å². The molecule has 5 nitrogen and oxygen atoms in total. The van der Waals surface area contributed by atoms with Gasteiger partial charge in [-0.2, -0.15) is 0 Å². The van der Waals surface area contributed by atoms with Gasteiger partial charge in [0.2, 0.25) is 0 Å². The molecule has 2 aromatic heterocycles. The second-order valence-electron chi connectivity index (χ2n) is 2.79. The average molecular weight is 209 g/mol. The Labute approximate surface area is 83.2 Å². The van der Waals surface area contributed by atoms with Gasteiger partial charge in [0.15, 0.2) is 0 Å². The second kappa shape index (κ2) is 2.91. The third-order valence-electron chi connectivity index (χ3n) is 1.80. The number of hydrogen-bond donors (Lipinski definition) is 2. The van der Waals surface area contributed by atoms with Crippen molar-refractivity contribution in [2.75, 3.05) is 5.73 Å². The Morgan fingerprint density at radius 1 is 1.64 bits per heavy atom. The van der Waals surface area contributed by atoms with Gasteiger partial charge >= 0.3 is 5.97 Å². The first-order valence-corrected chi connectivity index (χ1v) is 4.66. The molecule has 2 aromatic rings. The third-order valence-corrected chi connectivity index (χ3v) is 2.91. The maximum atomic E-state index is 10.8. The number of rotatable bonds is 1. The minimum absolute atomic E-state index is 0.125. The maximum absolute atomic E-state index is 10.8. The quantitative estimate of drug-likeness (QED) is 0.738. The molecular weight excluding hydrogens is 202 g/mol. The molecule has 0 aromatic carbocycles. The van der Waals surface area contributed by atoms with Crippen LogP contribution in [0.2, 0.25) is 0 Å². The summed E-state index contributed by atoms with van der Waals surface area (Å²) in [5.41, 5.74) is 5.89. The van der Waals surface area contributed by atoms with Crippen molar-refractivity contribution in [1.82, 2.24) is 9.97 Å². The summed E-state index contributed by atoms with van der Waals surface area (Å²) in [6, 6.07) is 0. The van der Waals surface area contributed by atoms with Crippen molar-refractivity contribution in [1.29, 1.82) is 0 Å². The number of fused-ring (bicyclic) bond motifs is 1. The van der Waals surface area contributed by atoms with E-state index in [1.807, 2.05) is 0 Å². The van der Waals surface area contributed by atoms with E-state index in [1.54, 1.807) is 13.1 Å². The molecule has 0 atom stereocenters. The van der Waals surface area contributed by atoms with Gasteiger partial charge in [-0.15, -0.1) is 11.3 Å². The molecule has 6 heteroatoms. The molecule has 3 N–H and O–H groups in total. The van der Waals surface area contributed by atoms with Crippen molar-refractivity contribution in [2.24, 2.45) is 0 Å². The lowest BCUT2D eigenvalue weighted by Crippen LogP contribution is -1.97. The predicted molar refractivity (Wildman–Crippen MR) is 53.5 cm³/mol. The lowest BCUT2D eigenvalue weighted by molar-refractivity contribution is 0.0703. The van der Waals surface area contributed by atoms with E-state index >= 15 is 0 Å². The van der Waals surface area contributed by atoms with E-state index in [0.29, 0.717) is 16.0 Å². The van der Waals surface area contributed by atoms with Gasteiger partial charge in [0, 0.05) is 6.20 Å². The number of nitrogens with zero attached hydrogens (tertiary/aromatic N) is 2. The van der Waals surface area contributed by atoms with Gasteiger partial charge in [-0.25, -0.2) is 14.8 Å². The zero-order valence-electron chi connectivity index (χ0n) is 7.31. The van der Waals surface area contributed by atoms with Crippen LogP contribution < -0.4 is 5.73 Å². The van der Waals surface area contributed by atoms with Crippen LogP contribution in [0.5, 0.6) is 0 Å². The number of carboxylic acids is 1. The number of carboxylic acid groups (broad SMARTS) is 1. The minimum atomic E-state index is -1.02. The number of aromatic nitrogens is 2. The van der Waals surface area contributed by atoms with Gasteiger partial charge in [-0.3, -0.25) is 0 Å². The lowest BCUT2D eigenvalue weighted by atomic mass is 10.3. The second-order valence-corrected chi connectivity index (χ2v) is 3.79. The molecule has 2 heterocycles. The molecule has 0 unspecified atom stereocenters. The van der Waals surface area contributed by atoms with Crippen molar-refractivity contribution >= 4 is 33.2 Å². The van der Waals surface area contributed by atoms with E-state index in [1.165, 1.54) is 0 Å². The lowest BCUT2D eigenvalue weighted by Gasteiger charge is -1.91. The Morgan fingerprint density at radius 3 is 3.00 bits per heavy atom.